The summed E-state index contributed by atoms with van der Waals surface area (Å²) in [7, 11) is 2.18. The lowest BCUT2D eigenvalue weighted by Crippen LogP contribution is -2.61. The minimum atomic E-state index is 0.0928. The molecule has 5 fully saturated rings. The van der Waals surface area contributed by atoms with Crippen LogP contribution in [-0.4, -0.2) is 43.2 Å². The predicted octanol–water partition coefficient (Wildman–Crippen LogP) is 2.60. The highest BCUT2D eigenvalue weighted by molar-refractivity contribution is 5.74. The second-order valence-corrected chi connectivity index (χ2v) is 8.80. The molecule has 22 heavy (non-hydrogen) atoms. The second-order valence-electron chi connectivity index (χ2n) is 8.80. The van der Waals surface area contributed by atoms with Gasteiger partial charge in [-0.3, -0.25) is 0 Å². The minimum absolute atomic E-state index is 0.0928. The Kier molecular flexibility index (Phi) is 3.83. The summed E-state index contributed by atoms with van der Waals surface area (Å²) in [6, 6.07) is 0.0928. The summed E-state index contributed by atoms with van der Waals surface area (Å²) in [6.45, 7) is 3.16. The molecule has 0 spiro atoms. The molecule has 1 saturated heterocycles. The third kappa shape index (κ3) is 2.99. The highest BCUT2D eigenvalue weighted by atomic mass is 16.2. The normalized spacial score (nSPS) is 44.0. The lowest BCUT2D eigenvalue weighted by Gasteiger charge is -2.56. The molecule has 4 bridgehead atoms. The number of carbonyl (C=O) groups is 1. The van der Waals surface area contributed by atoms with Crippen LogP contribution in [0.5, 0.6) is 0 Å². The summed E-state index contributed by atoms with van der Waals surface area (Å²) < 4.78 is 0. The largest absolute Gasteiger partial charge is 0.338 e. The Hall–Kier alpha value is -0.770. The van der Waals surface area contributed by atoms with Gasteiger partial charge in [0.2, 0.25) is 0 Å². The van der Waals surface area contributed by atoms with Gasteiger partial charge < -0.3 is 15.5 Å². The van der Waals surface area contributed by atoms with Crippen molar-refractivity contribution in [2.75, 3.05) is 26.7 Å². The number of piperidine rings is 1. The summed E-state index contributed by atoms with van der Waals surface area (Å²) >= 11 is 0. The Morgan fingerprint density at radius 2 is 1.77 bits per heavy atom. The molecule has 4 aliphatic carbocycles. The molecule has 0 aromatic heterocycles. The van der Waals surface area contributed by atoms with E-state index < -0.39 is 0 Å². The van der Waals surface area contributed by atoms with Gasteiger partial charge in [0.25, 0.3) is 0 Å². The van der Waals surface area contributed by atoms with E-state index in [1.807, 2.05) is 0 Å². The molecule has 1 aliphatic heterocycles. The van der Waals surface area contributed by atoms with Gasteiger partial charge in [-0.1, -0.05) is 0 Å². The lowest BCUT2D eigenvalue weighted by molar-refractivity contribution is -0.0136. The summed E-state index contributed by atoms with van der Waals surface area (Å²) in [6.07, 6.45) is 10.5. The van der Waals surface area contributed by atoms with Crippen molar-refractivity contribution in [1.82, 2.24) is 15.5 Å². The molecule has 2 amide bonds. The van der Waals surface area contributed by atoms with Crippen molar-refractivity contribution in [1.29, 1.82) is 0 Å². The average Bonchev–Trinajstić information content (AvgIpc) is 2.43. The van der Waals surface area contributed by atoms with Crippen LogP contribution in [-0.2, 0) is 0 Å². The Morgan fingerprint density at radius 3 is 2.36 bits per heavy atom. The van der Waals surface area contributed by atoms with Crippen LogP contribution in [0.25, 0.3) is 0 Å². The summed E-state index contributed by atoms with van der Waals surface area (Å²) in [4.78, 5) is 14.8. The first-order valence-corrected chi connectivity index (χ1v) is 9.35. The van der Waals surface area contributed by atoms with Gasteiger partial charge in [-0.25, -0.2) is 4.79 Å². The second kappa shape index (κ2) is 5.70. The number of rotatable bonds is 3. The number of nitrogens with one attached hydrogen (secondary N) is 2. The molecule has 4 heteroatoms. The van der Waals surface area contributed by atoms with Crippen molar-refractivity contribution >= 4 is 6.03 Å². The fourth-order valence-electron chi connectivity index (χ4n) is 6.23. The van der Waals surface area contributed by atoms with Crippen LogP contribution in [0.4, 0.5) is 4.79 Å². The Morgan fingerprint density at radius 1 is 1.14 bits per heavy atom. The molecule has 4 saturated carbocycles. The van der Waals surface area contributed by atoms with E-state index in [2.05, 4.69) is 22.6 Å². The first-order valence-electron chi connectivity index (χ1n) is 9.35. The smallest absolute Gasteiger partial charge is 0.315 e. The fourth-order valence-corrected chi connectivity index (χ4v) is 6.23. The van der Waals surface area contributed by atoms with Crippen LogP contribution in [0.1, 0.15) is 51.4 Å². The van der Waals surface area contributed by atoms with Gasteiger partial charge in [-0.15, -0.1) is 0 Å². The zero-order valence-corrected chi connectivity index (χ0v) is 13.9. The molecular formula is C18H31N3O. The number of nitrogens with zero attached hydrogens (tertiary/aromatic N) is 1. The van der Waals surface area contributed by atoms with Gasteiger partial charge in [-0.2, -0.15) is 0 Å². The van der Waals surface area contributed by atoms with Crippen molar-refractivity contribution in [2.24, 2.45) is 23.7 Å². The minimum Gasteiger partial charge on any atom is -0.338 e. The third-order valence-electron chi connectivity index (χ3n) is 6.69. The Labute approximate surface area is 134 Å². The molecule has 124 valence electrons. The first kappa shape index (κ1) is 14.8. The van der Waals surface area contributed by atoms with Crippen LogP contribution >= 0.6 is 0 Å². The SMILES string of the molecule is CN1CCCC(CNC(=O)NC23CC4CC(CC(C4)C2)C3)C1. The Bertz CT molecular complexity index is 401. The van der Waals surface area contributed by atoms with Gasteiger partial charge in [0.1, 0.15) is 0 Å². The third-order valence-corrected chi connectivity index (χ3v) is 6.69. The number of carbonyl (C=O) groups excluding carboxylic acids is 1. The predicted molar refractivity (Wildman–Crippen MR) is 87.7 cm³/mol. The number of hydrogen-bond donors (Lipinski definition) is 2. The van der Waals surface area contributed by atoms with E-state index >= 15 is 0 Å². The lowest BCUT2D eigenvalue weighted by atomic mass is 9.53. The van der Waals surface area contributed by atoms with E-state index in [1.165, 1.54) is 57.9 Å². The standard InChI is InChI=1S/C18H31N3O/c1-21-4-2-3-13(12-21)11-19-17(22)20-18-8-14-5-15(9-18)7-16(6-14)10-18/h13-16H,2-12H2,1H3,(H2,19,20,22). The average molecular weight is 305 g/mol. The van der Waals surface area contributed by atoms with Crippen molar-refractivity contribution < 1.29 is 4.79 Å². The molecule has 4 nitrogen and oxygen atoms in total. The maximum absolute atomic E-state index is 12.4. The van der Waals surface area contributed by atoms with Crippen LogP contribution in [0, 0.1) is 23.7 Å². The van der Waals surface area contributed by atoms with Crippen LogP contribution in [0.2, 0.25) is 0 Å². The van der Waals surface area contributed by atoms with Gasteiger partial charge in [0.15, 0.2) is 0 Å². The number of hydrogen-bond acceptors (Lipinski definition) is 2. The summed E-state index contributed by atoms with van der Waals surface area (Å²) in [5, 5.41) is 6.58. The summed E-state index contributed by atoms with van der Waals surface area (Å²) in [5.74, 6) is 3.29. The van der Waals surface area contributed by atoms with Gasteiger partial charge in [-0.05, 0) is 88.6 Å². The highest BCUT2D eigenvalue weighted by Crippen LogP contribution is 2.55. The molecule has 1 heterocycles. The van der Waals surface area contributed by atoms with Gasteiger partial charge in [0.05, 0.1) is 0 Å². The molecule has 0 aromatic carbocycles. The van der Waals surface area contributed by atoms with Crippen LogP contribution in [0.3, 0.4) is 0 Å². The monoisotopic (exact) mass is 305 g/mol. The zero-order valence-electron chi connectivity index (χ0n) is 13.9. The van der Waals surface area contributed by atoms with Crippen molar-refractivity contribution in [3.05, 3.63) is 0 Å². The molecule has 2 N–H and O–H groups in total. The van der Waals surface area contributed by atoms with Crippen molar-refractivity contribution in [3.8, 4) is 0 Å². The maximum atomic E-state index is 12.4. The first-order chi connectivity index (χ1) is 10.6. The molecule has 1 unspecified atom stereocenters. The highest BCUT2D eigenvalue weighted by Gasteiger charge is 2.51. The van der Waals surface area contributed by atoms with Crippen LogP contribution in [0.15, 0.2) is 0 Å². The number of urea groups is 1. The van der Waals surface area contributed by atoms with E-state index in [-0.39, 0.29) is 11.6 Å². The van der Waals surface area contributed by atoms with E-state index in [0.717, 1.165) is 30.8 Å². The molecule has 5 rings (SSSR count). The van der Waals surface area contributed by atoms with Crippen molar-refractivity contribution in [3.63, 3.8) is 0 Å². The molecular weight excluding hydrogens is 274 g/mol. The Balaban J connectivity index is 1.29. The van der Waals surface area contributed by atoms with E-state index in [4.69, 9.17) is 0 Å². The van der Waals surface area contributed by atoms with E-state index in [9.17, 15) is 4.79 Å². The molecule has 1 atom stereocenters. The van der Waals surface area contributed by atoms with Gasteiger partial charge in [0, 0.05) is 18.6 Å². The summed E-state index contributed by atoms with van der Waals surface area (Å²) in [5.41, 5.74) is 0.141. The van der Waals surface area contributed by atoms with Crippen molar-refractivity contribution in [2.45, 2.75) is 56.9 Å². The zero-order chi connectivity index (χ0) is 15.2. The number of amides is 2. The maximum Gasteiger partial charge on any atom is 0.315 e. The van der Waals surface area contributed by atoms with E-state index in [1.54, 1.807) is 0 Å². The van der Waals surface area contributed by atoms with E-state index in [0.29, 0.717) is 5.92 Å². The molecule has 0 radical (unpaired) electrons. The van der Waals surface area contributed by atoms with Crippen LogP contribution < -0.4 is 10.6 Å². The number of likely N-dealkylation sites (tertiary alicyclic amines) is 1. The quantitative estimate of drug-likeness (QED) is 0.842. The fraction of sp³-hybridized carbons (Fsp3) is 0.944. The topological polar surface area (TPSA) is 44.4 Å². The van der Waals surface area contributed by atoms with Gasteiger partial charge >= 0.3 is 6.03 Å². The molecule has 5 aliphatic rings. The molecule has 0 aromatic rings.